The number of carbonyl (C=O) groups is 1. The van der Waals surface area contributed by atoms with Crippen LogP contribution in [0.5, 0.6) is 0 Å². The second-order valence-electron chi connectivity index (χ2n) is 4.58. The van der Waals surface area contributed by atoms with Gasteiger partial charge in [-0.15, -0.1) is 0 Å². The van der Waals surface area contributed by atoms with Gasteiger partial charge < -0.3 is 9.73 Å². The topological polar surface area (TPSA) is 55.1 Å². The smallest absolute Gasteiger partial charge is 0.230 e. The molecule has 0 saturated carbocycles. The van der Waals surface area contributed by atoms with Gasteiger partial charge in [-0.3, -0.25) is 4.79 Å². The van der Waals surface area contributed by atoms with Crippen LogP contribution in [0.1, 0.15) is 13.3 Å². The standard InChI is InChI=1S/C16H13FN2O2/c1-2-15(20)18-10-7-8-14-13(9-10)19-16(21-14)11-5-3-4-6-12(11)17/h3-9H,2H2,1H3,(H,18,20). The van der Waals surface area contributed by atoms with E-state index in [1.165, 1.54) is 6.07 Å². The number of nitrogens with one attached hydrogen (secondary N) is 1. The number of benzene rings is 2. The van der Waals surface area contributed by atoms with Gasteiger partial charge >= 0.3 is 0 Å². The van der Waals surface area contributed by atoms with Crippen molar-refractivity contribution in [3.8, 4) is 11.5 Å². The normalized spacial score (nSPS) is 10.8. The number of rotatable bonds is 3. The molecule has 5 heteroatoms. The lowest BCUT2D eigenvalue weighted by Gasteiger charge is -2.01. The SMILES string of the molecule is CCC(=O)Nc1ccc2oc(-c3ccccc3F)nc2c1. The summed E-state index contributed by atoms with van der Waals surface area (Å²) >= 11 is 0. The summed E-state index contributed by atoms with van der Waals surface area (Å²) in [5.41, 5.74) is 2.07. The van der Waals surface area contributed by atoms with E-state index in [2.05, 4.69) is 10.3 Å². The highest BCUT2D eigenvalue weighted by Gasteiger charge is 2.12. The van der Waals surface area contributed by atoms with Crippen molar-refractivity contribution in [1.29, 1.82) is 0 Å². The highest BCUT2D eigenvalue weighted by atomic mass is 19.1. The Morgan fingerprint density at radius 1 is 1.29 bits per heavy atom. The first-order chi connectivity index (χ1) is 10.2. The molecule has 0 radical (unpaired) electrons. The van der Waals surface area contributed by atoms with Crippen LogP contribution in [0.25, 0.3) is 22.6 Å². The minimum Gasteiger partial charge on any atom is -0.436 e. The summed E-state index contributed by atoms with van der Waals surface area (Å²) in [6.07, 6.45) is 0.400. The van der Waals surface area contributed by atoms with Crippen LogP contribution in [0.4, 0.5) is 10.1 Å². The summed E-state index contributed by atoms with van der Waals surface area (Å²) in [5, 5.41) is 2.75. The summed E-state index contributed by atoms with van der Waals surface area (Å²) in [7, 11) is 0. The third kappa shape index (κ3) is 2.63. The highest BCUT2D eigenvalue weighted by molar-refractivity contribution is 5.92. The third-order valence-electron chi connectivity index (χ3n) is 3.10. The molecule has 1 amide bonds. The lowest BCUT2D eigenvalue weighted by molar-refractivity contribution is -0.115. The summed E-state index contributed by atoms with van der Waals surface area (Å²) in [6.45, 7) is 1.78. The van der Waals surface area contributed by atoms with Crippen LogP contribution in [0.2, 0.25) is 0 Å². The molecule has 0 bridgehead atoms. The van der Waals surface area contributed by atoms with Crippen molar-refractivity contribution >= 4 is 22.7 Å². The Hall–Kier alpha value is -2.69. The highest BCUT2D eigenvalue weighted by Crippen LogP contribution is 2.27. The molecule has 0 saturated heterocycles. The number of hydrogen-bond acceptors (Lipinski definition) is 3. The fourth-order valence-corrected chi connectivity index (χ4v) is 2.00. The minimum atomic E-state index is -0.386. The van der Waals surface area contributed by atoms with Crippen LogP contribution in [-0.4, -0.2) is 10.9 Å². The number of aromatic nitrogens is 1. The molecule has 1 N–H and O–H groups in total. The van der Waals surface area contributed by atoms with Crippen molar-refractivity contribution in [1.82, 2.24) is 4.98 Å². The van der Waals surface area contributed by atoms with Crippen LogP contribution in [-0.2, 0) is 4.79 Å². The van der Waals surface area contributed by atoms with Crippen molar-refractivity contribution in [3.63, 3.8) is 0 Å². The molecule has 0 aliphatic rings. The monoisotopic (exact) mass is 284 g/mol. The Kier molecular flexibility index (Phi) is 3.39. The lowest BCUT2D eigenvalue weighted by Crippen LogP contribution is -2.08. The zero-order valence-corrected chi connectivity index (χ0v) is 11.4. The molecule has 1 aromatic heterocycles. The largest absolute Gasteiger partial charge is 0.436 e. The van der Waals surface area contributed by atoms with E-state index in [0.717, 1.165) is 0 Å². The fourth-order valence-electron chi connectivity index (χ4n) is 2.00. The molecule has 4 nitrogen and oxygen atoms in total. The second-order valence-corrected chi connectivity index (χ2v) is 4.58. The van der Waals surface area contributed by atoms with Gasteiger partial charge in [-0.2, -0.15) is 0 Å². The molecule has 2 aromatic carbocycles. The van der Waals surface area contributed by atoms with Crippen LogP contribution in [0, 0.1) is 5.82 Å². The van der Waals surface area contributed by atoms with Gasteiger partial charge in [-0.1, -0.05) is 19.1 Å². The molecule has 0 spiro atoms. The van der Waals surface area contributed by atoms with E-state index in [-0.39, 0.29) is 17.6 Å². The van der Waals surface area contributed by atoms with E-state index < -0.39 is 0 Å². The number of carbonyl (C=O) groups excluding carboxylic acids is 1. The third-order valence-corrected chi connectivity index (χ3v) is 3.10. The van der Waals surface area contributed by atoms with Crippen molar-refractivity contribution in [2.45, 2.75) is 13.3 Å². The van der Waals surface area contributed by atoms with Crippen LogP contribution < -0.4 is 5.32 Å². The number of anilines is 1. The Morgan fingerprint density at radius 2 is 2.10 bits per heavy atom. The molecule has 3 rings (SSSR count). The van der Waals surface area contributed by atoms with E-state index in [1.807, 2.05) is 0 Å². The van der Waals surface area contributed by atoms with E-state index in [4.69, 9.17) is 4.42 Å². The Bertz CT molecular complexity index is 811. The van der Waals surface area contributed by atoms with E-state index >= 15 is 0 Å². The first kappa shape index (κ1) is 13.3. The van der Waals surface area contributed by atoms with Crippen molar-refractivity contribution in [2.24, 2.45) is 0 Å². The maximum Gasteiger partial charge on any atom is 0.230 e. The van der Waals surface area contributed by atoms with Gasteiger partial charge in [0.05, 0.1) is 5.56 Å². The van der Waals surface area contributed by atoms with Crippen LogP contribution in [0.15, 0.2) is 46.9 Å². The number of amides is 1. The van der Waals surface area contributed by atoms with E-state index in [0.29, 0.717) is 28.8 Å². The molecule has 1 heterocycles. The van der Waals surface area contributed by atoms with E-state index in [1.54, 1.807) is 43.3 Å². The first-order valence-corrected chi connectivity index (χ1v) is 6.62. The van der Waals surface area contributed by atoms with Gasteiger partial charge in [-0.25, -0.2) is 9.37 Å². The molecule has 0 aliphatic carbocycles. The maximum absolute atomic E-state index is 13.7. The Morgan fingerprint density at radius 3 is 2.86 bits per heavy atom. The molecule has 21 heavy (non-hydrogen) atoms. The Balaban J connectivity index is 2.01. The van der Waals surface area contributed by atoms with Crippen molar-refractivity contribution in [2.75, 3.05) is 5.32 Å². The van der Waals surface area contributed by atoms with Gasteiger partial charge in [0.2, 0.25) is 11.8 Å². The molecule has 0 aliphatic heterocycles. The zero-order valence-electron chi connectivity index (χ0n) is 11.4. The van der Waals surface area contributed by atoms with Crippen LogP contribution >= 0.6 is 0 Å². The van der Waals surface area contributed by atoms with Gasteiger partial charge in [0.15, 0.2) is 5.58 Å². The second kappa shape index (κ2) is 5.36. The van der Waals surface area contributed by atoms with Crippen molar-refractivity contribution < 1.29 is 13.6 Å². The zero-order chi connectivity index (χ0) is 14.8. The molecule has 106 valence electrons. The molecule has 3 aromatic rings. The number of nitrogens with zero attached hydrogens (tertiary/aromatic N) is 1. The lowest BCUT2D eigenvalue weighted by atomic mass is 10.2. The maximum atomic E-state index is 13.7. The number of hydrogen-bond donors (Lipinski definition) is 1. The van der Waals surface area contributed by atoms with Crippen molar-refractivity contribution in [3.05, 3.63) is 48.3 Å². The summed E-state index contributed by atoms with van der Waals surface area (Å²) in [4.78, 5) is 15.7. The van der Waals surface area contributed by atoms with Gasteiger partial charge in [0.1, 0.15) is 11.3 Å². The molecule has 0 fully saturated rings. The van der Waals surface area contributed by atoms with Gasteiger partial charge in [-0.05, 0) is 30.3 Å². The predicted molar refractivity (Wildman–Crippen MR) is 78.3 cm³/mol. The average molecular weight is 284 g/mol. The van der Waals surface area contributed by atoms with Gasteiger partial charge in [0, 0.05) is 12.1 Å². The van der Waals surface area contributed by atoms with E-state index in [9.17, 15) is 9.18 Å². The number of fused-ring (bicyclic) bond motifs is 1. The average Bonchev–Trinajstić information content (AvgIpc) is 2.90. The van der Waals surface area contributed by atoms with Gasteiger partial charge in [0.25, 0.3) is 0 Å². The summed E-state index contributed by atoms with van der Waals surface area (Å²) in [6, 6.07) is 11.4. The minimum absolute atomic E-state index is 0.0767. The molecule has 0 unspecified atom stereocenters. The number of oxazole rings is 1. The summed E-state index contributed by atoms with van der Waals surface area (Å²) < 4.78 is 19.3. The fraction of sp³-hybridized carbons (Fsp3) is 0.125. The molecular weight excluding hydrogens is 271 g/mol. The van der Waals surface area contributed by atoms with Crippen LogP contribution in [0.3, 0.4) is 0 Å². The predicted octanol–water partition coefficient (Wildman–Crippen LogP) is 3.98. The summed E-state index contributed by atoms with van der Waals surface area (Å²) in [5.74, 6) is -0.238. The Labute approximate surface area is 120 Å². The number of halogens is 1. The first-order valence-electron chi connectivity index (χ1n) is 6.62. The quantitative estimate of drug-likeness (QED) is 0.791. The molecular formula is C16H13FN2O2. The molecule has 0 atom stereocenters.